The van der Waals surface area contributed by atoms with Gasteiger partial charge in [0, 0.05) is 29.7 Å². The van der Waals surface area contributed by atoms with Crippen LogP contribution in [0.3, 0.4) is 0 Å². The number of ketones is 1. The lowest BCUT2D eigenvalue weighted by Gasteiger charge is -2.69. The summed E-state index contributed by atoms with van der Waals surface area (Å²) in [6.45, 7) is 18.5. The van der Waals surface area contributed by atoms with Gasteiger partial charge >= 0.3 is 0 Å². The number of hydrogen-bond donors (Lipinski definition) is 2. The first-order valence-electron chi connectivity index (χ1n) is 15.1. The number of nitrogens with zero attached hydrogens (tertiary/aromatic N) is 1. The lowest BCUT2D eigenvalue weighted by molar-refractivity contribution is -0.239. The Morgan fingerprint density at radius 1 is 1.00 bits per heavy atom. The maximum atomic E-state index is 14.4. The third-order valence-corrected chi connectivity index (χ3v) is 14.0. The molecule has 5 aliphatic rings. The fourth-order valence-corrected chi connectivity index (χ4v) is 12.8. The summed E-state index contributed by atoms with van der Waals surface area (Å²) >= 11 is 1.76. The van der Waals surface area contributed by atoms with Crippen LogP contribution in [-0.4, -0.2) is 40.2 Å². The van der Waals surface area contributed by atoms with E-state index in [0.29, 0.717) is 18.1 Å². The highest BCUT2D eigenvalue weighted by atomic mass is 32.1. The van der Waals surface area contributed by atoms with Crippen molar-refractivity contribution in [2.24, 2.45) is 39.9 Å². The van der Waals surface area contributed by atoms with Crippen LogP contribution in [-0.2, 0) is 21.4 Å². The Hall–Kier alpha value is -0.980. The summed E-state index contributed by atoms with van der Waals surface area (Å²) in [5.41, 5.74) is 0.0300. The van der Waals surface area contributed by atoms with E-state index in [0.717, 1.165) is 49.4 Å². The highest BCUT2D eigenvalue weighted by Gasteiger charge is 2.73. The first kappa shape index (κ1) is 27.2. The molecular weight excluding hydrogens is 492 g/mol. The molecule has 0 amide bonds. The minimum atomic E-state index is -0.361. The van der Waals surface area contributed by atoms with Gasteiger partial charge < -0.3 is 15.2 Å². The Labute approximate surface area is 233 Å². The number of hydrogen-bond acceptors (Lipinski definition) is 6. The van der Waals surface area contributed by atoms with Crippen LogP contribution >= 0.6 is 11.3 Å². The lowest BCUT2D eigenvalue weighted by atomic mass is 9.35. The van der Waals surface area contributed by atoms with Gasteiger partial charge in [0.25, 0.3) is 0 Å². The number of aliphatic hydroxyl groups excluding tert-OH is 1. The fraction of sp³-hybridized carbons (Fsp3) is 0.875. The molecule has 6 rings (SSSR count). The predicted molar refractivity (Wildman–Crippen MR) is 154 cm³/mol. The summed E-state index contributed by atoms with van der Waals surface area (Å²) in [5.74, 6) is 1.13. The first-order chi connectivity index (χ1) is 17.5. The average Bonchev–Trinajstić information content (AvgIpc) is 3.37. The Bertz CT molecular complexity index is 1160. The molecule has 1 aliphatic heterocycles. The molecule has 0 unspecified atom stereocenters. The summed E-state index contributed by atoms with van der Waals surface area (Å²) in [6.07, 6.45) is 7.42. The van der Waals surface area contributed by atoms with Crippen LogP contribution in [0.5, 0.6) is 0 Å². The summed E-state index contributed by atoms with van der Waals surface area (Å²) in [4.78, 5) is 20.7. The molecule has 38 heavy (non-hydrogen) atoms. The van der Waals surface area contributed by atoms with Crippen molar-refractivity contribution >= 4 is 22.3 Å². The molecule has 4 fully saturated rings. The van der Waals surface area contributed by atoms with Crippen LogP contribution in [0.25, 0.3) is 0 Å². The summed E-state index contributed by atoms with van der Waals surface area (Å²) in [7, 11) is 1.93. The van der Waals surface area contributed by atoms with E-state index in [1.165, 1.54) is 11.3 Å². The number of anilines is 1. The second-order valence-electron chi connectivity index (χ2n) is 15.9. The number of thiazole rings is 1. The lowest BCUT2D eigenvalue weighted by Crippen LogP contribution is -2.68. The van der Waals surface area contributed by atoms with Crippen LogP contribution in [0.1, 0.15) is 111 Å². The van der Waals surface area contributed by atoms with Crippen molar-refractivity contribution in [2.45, 2.75) is 129 Å². The highest BCUT2D eigenvalue weighted by molar-refractivity contribution is 7.15. The molecule has 0 bridgehead atoms. The second-order valence-corrected chi connectivity index (χ2v) is 17.0. The van der Waals surface area contributed by atoms with Crippen LogP contribution in [0.4, 0.5) is 5.13 Å². The largest absolute Gasteiger partial charge is 0.393 e. The fourth-order valence-electron chi connectivity index (χ4n) is 11.6. The maximum Gasteiger partial charge on any atom is 0.182 e. The van der Waals surface area contributed by atoms with Gasteiger partial charge in [0.2, 0.25) is 0 Å². The quantitative estimate of drug-likeness (QED) is 0.431. The van der Waals surface area contributed by atoms with Gasteiger partial charge in [-0.2, -0.15) is 0 Å². The van der Waals surface area contributed by atoms with Crippen LogP contribution in [0.2, 0.25) is 0 Å². The minimum absolute atomic E-state index is 0.0723. The van der Waals surface area contributed by atoms with Crippen molar-refractivity contribution in [2.75, 3.05) is 12.4 Å². The van der Waals surface area contributed by atoms with E-state index in [2.05, 4.69) is 60.7 Å². The van der Waals surface area contributed by atoms with Gasteiger partial charge in [-0.1, -0.05) is 34.6 Å². The van der Waals surface area contributed by atoms with Gasteiger partial charge in [0.05, 0.1) is 23.0 Å². The van der Waals surface area contributed by atoms with Crippen molar-refractivity contribution in [1.82, 2.24) is 4.98 Å². The van der Waals surface area contributed by atoms with E-state index in [4.69, 9.17) is 9.72 Å². The van der Waals surface area contributed by atoms with E-state index >= 15 is 0 Å². The average molecular weight is 543 g/mol. The molecule has 0 radical (unpaired) electrons. The van der Waals surface area contributed by atoms with E-state index in [9.17, 15) is 9.90 Å². The van der Waals surface area contributed by atoms with Crippen molar-refractivity contribution in [1.29, 1.82) is 0 Å². The molecule has 0 aromatic carbocycles. The SMILES string of the molecule is CNc1nc2c(s1)C[C@]1(C)[C@H]3C[C@@H](O)[C@@H]4[C@@H]([C@@]5(C)CCCC(C)(C)O5)CC[C@@]4(C)[C@]3(C)CC(=O)[C@H]1C2(C)C. The van der Waals surface area contributed by atoms with E-state index in [1.54, 1.807) is 11.3 Å². The summed E-state index contributed by atoms with van der Waals surface area (Å²) in [5, 5.41) is 16.3. The van der Waals surface area contributed by atoms with Gasteiger partial charge in [0.1, 0.15) is 5.78 Å². The van der Waals surface area contributed by atoms with E-state index in [-0.39, 0.29) is 56.7 Å². The molecule has 2 heterocycles. The zero-order valence-corrected chi connectivity index (χ0v) is 26.0. The molecule has 212 valence electrons. The second kappa shape index (κ2) is 8.06. The molecule has 1 saturated heterocycles. The van der Waals surface area contributed by atoms with E-state index < -0.39 is 0 Å². The van der Waals surface area contributed by atoms with Gasteiger partial charge in [0.15, 0.2) is 5.13 Å². The van der Waals surface area contributed by atoms with Gasteiger partial charge in [-0.05, 0) is 99.7 Å². The number of fused-ring (bicyclic) bond motifs is 6. The predicted octanol–water partition coefficient (Wildman–Crippen LogP) is 6.77. The Morgan fingerprint density at radius 2 is 1.71 bits per heavy atom. The van der Waals surface area contributed by atoms with Gasteiger partial charge in [-0.3, -0.25) is 4.79 Å². The molecular formula is C32H50N2O3S. The third-order valence-electron chi connectivity index (χ3n) is 13.0. The van der Waals surface area contributed by atoms with Crippen molar-refractivity contribution in [3.8, 4) is 0 Å². The summed E-state index contributed by atoms with van der Waals surface area (Å²) < 4.78 is 6.87. The van der Waals surface area contributed by atoms with Gasteiger partial charge in [-0.15, -0.1) is 11.3 Å². The van der Waals surface area contributed by atoms with Crippen LogP contribution in [0.15, 0.2) is 0 Å². The van der Waals surface area contributed by atoms with Crippen molar-refractivity contribution < 1.29 is 14.6 Å². The number of Topliss-reactive ketones (excluding diaryl/α,β-unsaturated/α-hetero) is 1. The molecule has 3 saturated carbocycles. The van der Waals surface area contributed by atoms with Crippen molar-refractivity contribution in [3.63, 3.8) is 0 Å². The Morgan fingerprint density at radius 3 is 2.37 bits per heavy atom. The molecule has 1 aromatic heterocycles. The Balaban J connectivity index is 1.42. The highest BCUT2D eigenvalue weighted by Crippen LogP contribution is 2.75. The smallest absolute Gasteiger partial charge is 0.182 e. The normalized spacial score (nSPS) is 49.0. The molecule has 6 heteroatoms. The summed E-state index contributed by atoms with van der Waals surface area (Å²) in [6, 6.07) is 0. The molecule has 4 aliphatic carbocycles. The number of carbonyl (C=O) groups is 1. The first-order valence-corrected chi connectivity index (χ1v) is 15.9. The number of aliphatic hydroxyl groups is 1. The minimum Gasteiger partial charge on any atom is -0.393 e. The van der Waals surface area contributed by atoms with Gasteiger partial charge in [-0.25, -0.2) is 4.98 Å². The van der Waals surface area contributed by atoms with Crippen LogP contribution < -0.4 is 5.32 Å². The standard InChI is InChI=1S/C32H50N2O3S/c1-27(2)12-10-13-32(8,37-27)18-11-14-30(6)23(18)19(35)15-22-29(5)17-21-25(34-26(33-9)38-21)28(3,4)24(29)20(36)16-31(22,30)7/h18-19,22-24,35H,10-17H2,1-9H3,(H,33,34)/t18-,19+,22+,23-,24-,29+,30+,31+,32+/m0/s1. The zero-order valence-electron chi connectivity index (χ0n) is 25.2. The maximum absolute atomic E-state index is 14.4. The Kier molecular flexibility index (Phi) is 5.77. The van der Waals surface area contributed by atoms with Crippen LogP contribution in [0, 0.1) is 39.9 Å². The van der Waals surface area contributed by atoms with Crippen molar-refractivity contribution in [3.05, 3.63) is 10.6 Å². The topological polar surface area (TPSA) is 71.5 Å². The molecule has 2 N–H and O–H groups in total. The molecule has 0 spiro atoms. The number of aromatic nitrogens is 1. The monoisotopic (exact) mass is 542 g/mol. The number of rotatable bonds is 2. The number of carbonyl (C=O) groups excluding carboxylic acids is 1. The molecule has 5 nitrogen and oxygen atoms in total. The third kappa shape index (κ3) is 3.35. The molecule has 9 atom stereocenters. The zero-order chi connectivity index (χ0) is 27.7. The number of ether oxygens (including phenoxy) is 1. The number of nitrogens with one attached hydrogen (secondary N) is 1. The van der Waals surface area contributed by atoms with E-state index in [1.807, 2.05) is 7.05 Å². The molecule has 1 aromatic rings.